The fourth-order valence-electron chi connectivity index (χ4n) is 0.804. The second-order valence-electron chi connectivity index (χ2n) is 2.18. The summed E-state index contributed by atoms with van der Waals surface area (Å²) in [4.78, 5) is 0. The van der Waals surface area contributed by atoms with E-state index in [1.54, 1.807) is 24.3 Å². The minimum atomic E-state index is -2.45. The van der Waals surface area contributed by atoms with Crippen molar-refractivity contribution >= 4 is 10.5 Å². The zero-order chi connectivity index (χ0) is 8.97. The molecule has 0 bridgehead atoms. The van der Waals surface area contributed by atoms with Crippen LogP contribution < -0.4 is 5.73 Å². The van der Waals surface area contributed by atoms with Crippen LogP contribution in [0.4, 0.5) is 0 Å². The van der Waals surface area contributed by atoms with E-state index in [4.69, 9.17) is 5.73 Å². The van der Waals surface area contributed by atoms with Crippen LogP contribution in [-0.2, 0) is 10.5 Å². The van der Waals surface area contributed by atoms with Gasteiger partial charge in [-0.1, -0.05) is 30.3 Å². The van der Waals surface area contributed by atoms with E-state index in [2.05, 4.69) is 4.36 Å². The maximum absolute atomic E-state index is 10.1. The molecule has 0 aliphatic heterocycles. The Hall–Kier alpha value is -1.20. The highest BCUT2D eigenvalue weighted by Gasteiger charge is 2.01. The molecule has 5 heteroatoms. The Bertz CT molecular complexity index is 364. The molecule has 0 aromatic heterocycles. The number of nitrogens with two attached hydrogens (primary N) is 1. The summed E-state index contributed by atoms with van der Waals surface area (Å²) in [6.45, 7) is 0. The van der Waals surface area contributed by atoms with E-state index in [0.29, 0.717) is 5.56 Å². The fourth-order valence-corrected chi connectivity index (χ4v) is 1.11. The molecule has 2 N–H and O–H groups in total. The van der Waals surface area contributed by atoms with E-state index in [1.807, 2.05) is 6.07 Å². The summed E-state index contributed by atoms with van der Waals surface area (Å²) in [5.74, 6) is 0. The normalized spacial score (nSPS) is 12.1. The van der Waals surface area contributed by atoms with Gasteiger partial charge in [0.25, 0.3) is 0 Å². The fraction of sp³-hybridized carbons (Fsp3) is 0.143. The van der Waals surface area contributed by atoms with Crippen molar-refractivity contribution in [1.82, 2.24) is 0 Å². The van der Waals surface area contributed by atoms with Gasteiger partial charge < -0.3 is 5.73 Å². The van der Waals surface area contributed by atoms with Crippen LogP contribution in [0.1, 0.15) is 11.7 Å². The number of hydrogen-bond acceptors (Lipinski definition) is 4. The van der Waals surface area contributed by atoms with Gasteiger partial charge in [0.1, 0.15) is 6.17 Å². The second-order valence-corrected chi connectivity index (χ2v) is 2.82. The van der Waals surface area contributed by atoms with Crippen LogP contribution in [0.15, 0.2) is 34.7 Å². The van der Waals surface area contributed by atoms with Gasteiger partial charge in [0, 0.05) is 0 Å². The van der Waals surface area contributed by atoms with Crippen molar-refractivity contribution in [1.29, 1.82) is 0 Å². The van der Waals surface area contributed by atoms with Crippen LogP contribution in [0.2, 0.25) is 0 Å². The molecular formula is C7H8N2O2S. The molecule has 1 unspecified atom stereocenters. The van der Waals surface area contributed by atoms with Gasteiger partial charge in [0.15, 0.2) is 0 Å². The molecule has 0 amide bonds. The van der Waals surface area contributed by atoms with E-state index in [1.165, 1.54) is 0 Å². The van der Waals surface area contributed by atoms with Crippen molar-refractivity contribution in [3.8, 4) is 0 Å². The van der Waals surface area contributed by atoms with Crippen molar-refractivity contribution in [3.05, 3.63) is 35.9 Å². The number of nitrogens with zero attached hydrogens (tertiary/aromatic N) is 1. The van der Waals surface area contributed by atoms with E-state index < -0.39 is 16.7 Å². The molecule has 1 aromatic carbocycles. The van der Waals surface area contributed by atoms with E-state index in [0.717, 1.165) is 0 Å². The van der Waals surface area contributed by atoms with Gasteiger partial charge in [-0.3, -0.25) is 0 Å². The third kappa shape index (κ3) is 2.44. The predicted molar refractivity (Wildman–Crippen MR) is 44.7 cm³/mol. The molecule has 0 radical (unpaired) electrons. The number of hydrogen-bond donors (Lipinski definition) is 1. The minimum Gasteiger partial charge on any atom is -0.305 e. The monoisotopic (exact) mass is 184 g/mol. The highest BCUT2D eigenvalue weighted by molar-refractivity contribution is 7.61. The van der Waals surface area contributed by atoms with Crippen molar-refractivity contribution in [2.24, 2.45) is 10.1 Å². The summed E-state index contributed by atoms with van der Waals surface area (Å²) in [5.41, 5.74) is 6.12. The second kappa shape index (κ2) is 3.99. The van der Waals surface area contributed by atoms with Crippen molar-refractivity contribution < 1.29 is 8.42 Å². The topological polar surface area (TPSA) is 72.5 Å². The standard InChI is InChI=1S/C7H8N2O2S/c8-7(9-12(10)11)6-4-2-1-3-5-6/h1-5,7H,8H2. The molecule has 0 aliphatic carbocycles. The van der Waals surface area contributed by atoms with Crippen LogP contribution in [0, 0.1) is 0 Å². The maximum Gasteiger partial charge on any atom is 0.313 e. The summed E-state index contributed by atoms with van der Waals surface area (Å²) >= 11 is 0. The Labute approximate surface area is 71.7 Å². The molecule has 0 saturated carbocycles. The lowest BCUT2D eigenvalue weighted by Gasteiger charge is -2.01. The molecule has 0 fully saturated rings. The Morgan fingerprint density at radius 2 is 1.83 bits per heavy atom. The first-order valence-electron chi connectivity index (χ1n) is 3.31. The lowest BCUT2D eigenvalue weighted by atomic mass is 10.2. The highest BCUT2D eigenvalue weighted by atomic mass is 32.2. The maximum atomic E-state index is 10.1. The van der Waals surface area contributed by atoms with Crippen molar-refractivity contribution in [2.75, 3.05) is 0 Å². The molecule has 1 rings (SSSR count). The summed E-state index contributed by atoms with van der Waals surface area (Å²) < 4.78 is 23.5. The zero-order valence-corrected chi connectivity index (χ0v) is 7.03. The first-order valence-corrected chi connectivity index (χ1v) is 4.34. The third-order valence-corrected chi connectivity index (χ3v) is 1.74. The van der Waals surface area contributed by atoms with E-state index in [9.17, 15) is 8.42 Å². The van der Waals surface area contributed by atoms with Crippen LogP contribution >= 0.6 is 0 Å². The zero-order valence-electron chi connectivity index (χ0n) is 6.21. The largest absolute Gasteiger partial charge is 0.313 e. The summed E-state index contributed by atoms with van der Waals surface area (Å²) in [6, 6.07) is 8.82. The number of rotatable bonds is 2. The Kier molecular flexibility index (Phi) is 2.95. The van der Waals surface area contributed by atoms with Crippen LogP contribution in [0.5, 0.6) is 0 Å². The van der Waals surface area contributed by atoms with Crippen LogP contribution in [0.3, 0.4) is 0 Å². The van der Waals surface area contributed by atoms with Gasteiger partial charge >= 0.3 is 10.5 Å². The predicted octanol–water partition coefficient (Wildman–Crippen LogP) is 0.707. The summed E-state index contributed by atoms with van der Waals surface area (Å²) in [5, 5.41) is 0. The lowest BCUT2D eigenvalue weighted by Crippen LogP contribution is -2.06. The summed E-state index contributed by atoms with van der Waals surface area (Å²) in [6.07, 6.45) is -0.787. The molecule has 4 nitrogen and oxygen atoms in total. The molecular weight excluding hydrogens is 176 g/mol. The molecule has 0 saturated heterocycles. The molecule has 1 aromatic rings. The third-order valence-electron chi connectivity index (χ3n) is 1.34. The first kappa shape index (κ1) is 8.89. The van der Waals surface area contributed by atoms with Gasteiger partial charge in [-0.15, -0.1) is 4.36 Å². The Morgan fingerprint density at radius 3 is 2.33 bits per heavy atom. The van der Waals surface area contributed by atoms with Gasteiger partial charge in [0.05, 0.1) is 0 Å². The van der Waals surface area contributed by atoms with Gasteiger partial charge in [-0.25, -0.2) is 0 Å². The molecule has 0 heterocycles. The number of benzene rings is 1. The van der Waals surface area contributed by atoms with E-state index >= 15 is 0 Å². The molecule has 64 valence electrons. The van der Waals surface area contributed by atoms with Gasteiger partial charge in [0.2, 0.25) is 0 Å². The van der Waals surface area contributed by atoms with E-state index in [-0.39, 0.29) is 0 Å². The van der Waals surface area contributed by atoms with Crippen LogP contribution in [0.25, 0.3) is 0 Å². The van der Waals surface area contributed by atoms with Crippen molar-refractivity contribution in [2.45, 2.75) is 6.17 Å². The van der Waals surface area contributed by atoms with Crippen molar-refractivity contribution in [3.63, 3.8) is 0 Å². The quantitative estimate of drug-likeness (QED) is 0.735. The molecule has 0 spiro atoms. The average molecular weight is 184 g/mol. The van der Waals surface area contributed by atoms with Crippen LogP contribution in [-0.4, -0.2) is 8.42 Å². The Balaban J connectivity index is 2.93. The highest BCUT2D eigenvalue weighted by Crippen LogP contribution is 2.09. The molecule has 1 atom stereocenters. The average Bonchev–Trinajstić information content (AvgIpc) is 2.05. The smallest absolute Gasteiger partial charge is 0.305 e. The van der Waals surface area contributed by atoms with Gasteiger partial charge in [-0.2, -0.15) is 8.42 Å². The first-order chi connectivity index (χ1) is 5.70. The van der Waals surface area contributed by atoms with Gasteiger partial charge in [-0.05, 0) is 5.56 Å². The molecule has 12 heavy (non-hydrogen) atoms. The minimum absolute atomic E-state index is 0.682. The lowest BCUT2D eigenvalue weighted by molar-refractivity contribution is 0.614. The Morgan fingerprint density at radius 1 is 1.25 bits per heavy atom. The summed E-state index contributed by atoms with van der Waals surface area (Å²) in [7, 11) is -2.45. The SMILES string of the molecule is NC(N=S(=O)=O)c1ccccc1. The molecule has 0 aliphatic rings.